The van der Waals surface area contributed by atoms with E-state index in [1.807, 2.05) is 0 Å². The van der Waals surface area contributed by atoms with Gasteiger partial charge >= 0.3 is 5.97 Å². The molecular weight excluding hydrogens is 328 g/mol. The Labute approximate surface area is 124 Å². The van der Waals surface area contributed by atoms with Gasteiger partial charge in [-0.2, -0.15) is 0 Å². The second kappa shape index (κ2) is 5.41. The number of anilines is 1. The van der Waals surface area contributed by atoms with Gasteiger partial charge in [-0.25, -0.2) is 4.79 Å². The summed E-state index contributed by atoms with van der Waals surface area (Å²) in [6.07, 6.45) is 0. The molecule has 108 valence electrons. The van der Waals surface area contributed by atoms with E-state index in [0.29, 0.717) is 24.3 Å². The third-order valence-electron chi connectivity index (χ3n) is 3.13. The van der Waals surface area contributed by atoms with Crippen LogP contribution in [0.3, 0.4) is 0 Å². The molecule has 1 aromatic carbocycles. The lowest BCUT2D eigenvalue weighted by atomic mass is 9.95. The zero-order valence-corrected chi connectivity index (χ0v) is 12.5. The fourth-order valence-electron chi connectivity index (χ4n) is 2.13. The number of carboxylic acid groups (broad SMARTS) is 1. The second-order valence-corrected chi connectivity index (χ2v) is 5.94. The summed E-state index contributed by atoms with van der Waals surface area (Å²) in [7, 11) is 0. The summed E-state index contributed by atoms with van der Waals surface area (Å²) >= 11 is 3.29. The molecule has 20 heavy (non-hydrogen) atoms. The van der Waals surface area contributed by atoms with Crippen molar-refractivity contribution in [1.29, 1.82) is 0 Å². The zero-order chi connectivity index (χ0) is 14.9. The summed E-state index contributed by atoms with van der Waals surface area (Å²) in [6.45, 7) is 2.13. The molecule has 0 radical (unpaired) electrons. The number of aliphatic carboxylic acids is 1. The largest absolute Gasteiger partial charge is 0.480 e. The molecule has 1 aliphatic rings. The molecule has 0 bridgehead atoms. The Hall–Kier alpha value is -1.60. The molecule has 0 atom stereocenters. The molecule has 1 aliphatic heterocycles. The van der Waals surface area contributed by atoms with Crippen molar-refractivity contribution in [3.05, 3.63) is 28.2 Å². The van der Waals surface area contributed by atoms with Gasteiger partial charge in [0.1, 0.15) is 12.2 Å². The van der Waals surface area contributed by atoms with Crippen molar-refractivity contribution in [2.75, 3.05) is 25.4 Å². The molecule has 0 aromatic heterocycles. The number of hydrogen-bond acceptors (Lipinski definition) is 4. The Morgan fingerprint density at radius 3 is 2.70 bits per heavy atom. The van der Waals surface area contributed by atoms with E-state index in [9.17, 15) is 9.59 Å². The van der Waals surface area contributed by atoms with Gasteiger partial charge in [0.25, 0.3) is 5.91 Å². The van der Waals surface area contributed by atoms with Gasteiger partial charge in [0.05, 0.1) is 18.7 Å². The Morgan fingerprint density at radius 1 is 1.50 bits per heavy atom. The van der Waals surface area contributed by atoms with E-state index in [1.54, 1.807) is 30.0 Å². The number of hydrogen-bond donors (Lipinski definition) is 2. The first kappa shape index (κ1) is 14.8. The lowest BCUT2D eigenvalue weighted by molar-refractivity contribution is -0.159. The summed E-state index contributed by atoms with van der Waals surface area (Å²) < 4.78 is 6.07. The highest BCUT2D eigenvalue weighted by Gasteiger charge is 2.43. The minimum absolute atomic E-state index is 0.175. The van der Waals surface area contributed by atoms with Crippen LogP contribution in [0.5, 0.6) is 0 Å². The molecule has 3 N–H and O–H groups in total. The number of carbonyl (C=O) groups excluding carboxylic acids is 1. The Balaban J connectivity index is 1.98. The molecule has 7 heteroatoms. The van der Waals surface area contributed by atoms with Crippen LogP contribution in [0, 0.1) is 0 Å². The first-order chi connectivity index (χ1) is 9.31. The number of nitrogen functional groups attached to an aromatic ring is 1. The van der Waals surface area contributed by atoms with Crippen molar-refractivity contribution in [2.45, 2.75) is 12.5 Å². The van der Waals surface area contributed by atoms with Gasteiger partial charge in [-0.15, -0.1) is 0 Å². The highest BCUT2D eigenvalue weighted by atomic mass is 79.9. The van der Waals surface area contributed by atoms with Crippen LogP contribution in [0.15, 0.2) is 22.7 Å². The molecule has 0 aliphatic carbocycles. The SMILES string of the molecule is CC1(OCC(=O)O)CN(C(=O)c2ccc(Br)cc2N)C1. The molecule has 6 nitrogen and oxygen atoms in total. The number of nitrogens with two attached hydrogens (primary N) is 1. The first-order valence-electron chi connectivity index (χ1n) is 6.01. The molecule has 1 heterocycles. The van der Waals surface area contributed by atoms with Crippen molar-refractivity contribution in [3.63, 3.8) is 0 Å². The topological polar surface area (TPSA) is 92.9 Å². The Morgan fingerprint density at radius 2 is 2.15 bits per heavy atom. The molecule has 1 fully saturated rings. The summed E-state index contributed by atoms with van der Waals surface area (Å²) in [5.41, 5.74) is 6.06. The second-order valence-electron chi connectivity index (χ2n) is 5.03. The van der Waals surface area contributed by atoms with Crippen molar-refractivity contribution in [1.82, 2.24) is 4.90 Å². The van der Waals surface area contributed by atoms with Gasteiger partial charge in [-0.05, 0) is 25.1 Å². The summed E-state index contributed by atoms with van der Waals surface area (Å²) in [6, 6.07) is 5.09. The van der Waals surface area contributed by atoms with Crippen LogP contribution in [0.4, 0.5) is 5.69 Å². The number of carbonyl (C=O) groups is 2. The van der Waals surface area contributed by atoms with Gasteiger partial charge < -0.3 is 20.5 Å². The van der Waals surface area contributed by atoms with Crippen LogP contribution >= 0.6 is 15.9 Å². The smallest absolute Gasteiger partial charge is 0.329 e. The highest BCUT2D eigenvalue weighted by Crippen LogP contribution is 2.28. The number of carboxylic acids is 1. The van der Waals surface area contributed by atoms with Crippen LogP contribution in [-0.2, 0) is 9.53 Å². The number of likely N-dealkylation sites (tertiary alicyclic amines) is 1. The summed E-state index contributed by atoms with van der Waals surface area (Å²) in [5, 5.41) is 8.59. The maximum atomic E-state index is 12.2. The number of ether oxygens (including phenoxy) is 1. The summed E-state index contributed by atoms with van der Waals surface area (Å²) in [4.78, 5) is 24.3. The predicted octanol–water partition coefficient (Wildman–Crippen LogP) is 1.35. The van der Waals surface area contributed by atoms with Crippen molar-refractivity contribution >= 4 is 33.5 Å². The van der Waals surface area contributed by atoms with Crippen molar-refractivity contribution in [2.24, 2.45) is 0 Å². The number of amides is 1. The fraction of sp³-hybridized carbons (Fsp3) is 0.385. The number of benzene rings is 1. The van der Waals surface area contributed by atoms with Gasteiger partial charge in [-0.1, -0.05) is 15.9 Å². The lowest BCUT2D eigenvalue weighted by Crippen LogP contribution is -2.63. The normalized spacial score (nSPS) is 16.6. The van der Waals surface area contributed by atoms with Crippen LogP contribution in [-0.4, -0.2) is 47.2 Å². The van der Waals surface area contributed by atoms with E-state index in [1.165, 1.54) is 0 Å². The fourth-order valence-corrected chi connectivity index (χ4v) is 2.51. The molecule has 2 rings (SSSR count). The average Bonchev–Trinajstić information content (AvgIpc) is 2.32. The van der Waals surface area contributed by atoms with Crippen LogP contribution in [0.25, 0.3) is 0 Å². The molecule has 0 unspecified atom stereocenters. The third kappa shape index (κ3) is 3.10. The number of nitrogens with zero attached hydrogens (tertiary/aromatic N) is 1. The maximum Gasteiger partial charge on any atom is 0.329 e. The molecule has 1 amide bonds. The van der Waals surface area contributed by atoms with Crippen molar-refractivity contribution in [3.8, 4) is 0 Å². The molecular formula is C13H15BrN2O4. The van der Waals surface area contributed by atoms with E-state index in [-0.39, 0.29) is 12.5 Å². The first-order valence-corrected chi connectivity index (χ1v) is 6.80. The third-order valence-corrected chi connectivity index (χ3v) is 3.62. The van der Waals surface area contributed by atoms with E-state index in [4.69, 9.17) is 15.6 Å². The van der Waals surface area contributed by atoms with Gasteiger partial charge in [0, 0.05) is 10.2 Å². The van der Waals surface area contributed by atoms with E-state index < -0.39 is 11.6 Å². The average molecular weight is 343 g/mol. The zero-order valence-electron chi connectivity index (χ0n) is 10.9. The molecule has 0 spiro atoms. The Kier molecular flexibility index (Phi) is 4.01. The number of rotatable bonds is 4. The van der Waals surface area contributed by atoms with Crippen LogP contribution < -0.4 is 5.73 Å². The summed E-state index contributed by atoms with van der Waals surface area (Å²) in [5.74, 6) is -1.19. The molecule has 1 saturated heterocycles. The van der Waals surface area contributed by atoms with Crippen molar-refractivity contribution < 1.29 is 19.4 Å². The highest BCUT2D eigenvalue weighted by molar-refractivity contribution is 9.10. The molecule has 1 aromatic rings. The van der Waals surface area contributed by atoms with Crippen LogP contribution in [0.2, 0.25) is 0 Å². The van der Waals surface area contributed by atoms with Gasteiger partial charge in [-0.3, -0.25) is 4.79 Å². The quantitative estimate of drug-likeness (QED) is 0.805. The minimum Gasteiger partial charge on any atom is -0.480 e. The minimum atomic E-state index is -1.02. The lowest BCUT2D eigenvalue weighted by Gasteiger charge is -2.47. The maximum absolute atomic E-state index is 12.2. The van der Waals surface area contributed by atoms with E-state index in [2.05, 4.69) is 15.9 Å². The number of halogens is 1. The van der Waals surface area contributed by atoms with Crippen LogP contribution in [0.1, 0.15) is 17.3 Å². The monoisotopic (exact) mass is 342 g/mol. The molecule has 0 saturated carbocycles. The van der Waals surface area contributed by atoms with E-state index >= 15 is 0 Å². The van der Waals surface area contributed by atoms with Gasteiger partial charge in [0.2, 0.25) is 0 Å². The van der Waals surface area contributed by atoms with E-state index in [0.717, 1.165) is 4.47 Å². The standard InChI is InChI=1S/C13H15BrN2O4/c1-13(20-5-11(17)18)6-16(7-13)12(19)9-3-2-8(14)4-10(9)15/h2-4H,5-7,15H2,1H3,(H,17,18). The Bertz CT molecular complexity index is 555. The predicted molar refractivity (Wildman–Crippen MR) is 76.5 cm³/mol. The van der Waals surface area contributed by atoms with Gasteiger partial charge in [0.15, 0.2) is 0 Å².